The molecule has 10 nitrogen and oxygen atoms in total. The number of nitrogens with two attached hydrogens (primary N) is 1. The fraction of sp³-hybridized carbons (Fsp3) is 0.600. The van der Waals surface area contributed by atoms with Crippen LogP contribution in [0.5, 0.6) is 0 Å². The molecule has 2 heterocycles. The normalized spacial score (nSPS) is 14.5. The van der Waals surface area contributed by atoms with Crippen LogP contribution in [-0.2, 0) is 25.3 Å². The van der Waals surface area contributed by atoms with Gasteiger partial charge in [0.25, 0.3) is 12.8 Å². The molecule has 2 rings (SSSR count). The summed E-state index contributed by atoms with van der Waals surface area (Å²) in [4.78, 5) is 19.4. The number of esters is 1. The third kappa shape index (κ3) is 5.85. The number of halogens is 2. The average molecular weight is 419 g/mol. The molecular formula is C15H22F2N6O4P+. The number of ether oxygens (including phenoxy) is 2. The molecular weight excluding hydrogens is 397 g/mol. The molecule has 0 radical (unpaired) electrons. The molecule has 0 aliphatic rings. The van der Waals surface area contributed by atoms with Crippen molar-refractivity contribution in [2.45, 2.75) is 51.9 Å². The van der Waals surface area contributed by atoms with Gasteiger partial charge in [-0.3, -0.25) is 4.79 Å². The first-order valence-corrected chi connectivity index (χ1v) is 9.87. The molecule has 0 aliphatic heterocycles. The predicted molar refractivity (Wildman–Crippen MR) is 96.1 cm³/mol. The predicted octanol–water partition coefficient (Wildman–Crippen LogP) is 1.53. The van der Waals surface area contributed by atoms with Crippen molar-refractivity contribution in [2.24, 2.45) is 0 Å². The van der Waals surface area contributed by atoms with Crippen molar-refractivity contribution in [2.75, 3.05) is 12.1 Å². The summed E-state index contributed by atoms with van der Waals surface area (Å²) in [6, 6.07) is -0.862. The van der Waals surface area contributed by atoms with Crippen LogP contribution in [0, 0.1) is 0 Å². The average Bonchev–Trinajstić information content (AvgIpc) is 3.02. The van der Waals surface area contributed by atoms with Crippen LogP contribution in [0.2, 0.25) is 0 Å². The van der Waals surface area contributed by atoms with E-state index in [4.69, 9.17) is 15.2 Å². The molecule has 3 N–H and O–H groups in total. The van der Waals surface area contributed by atoms with Crippen molar-refractivity contribution >= 4 is 25.5 Å². The third-order valence-corrected chi connectivity index (χ3v) is 4.61. The van der Waals surface area contributed by atoms with E-state index in [9.17, 15) is 18.1 Å². The number of hydrogen-bond donors (Lipinski definition) is 2. The SMILES string of the molecule is CC(C)OC(=O)[C@H](C)N[P+](=O)CO[C@@H](Cc1cnn2c(N)ncnc12)C(F)F. The summed E-state index contributed by atoms with van der Waals surface area (Å²) < 4.78 is 50.1. The lowest BCUT2D eigenvalue weighted by Crippen LogP contribution is -2.33. The highest BCUT2D eigenvalue weighted by molar-refractivity contribution is 7.42. The number of nitrogen functional groups attached to an aromatic ring is 1. The number of alkyl halides is 2. The number of anilines is 1. The first-order valence-electron chi connectivity index (χ1n) is 8.43. The number of hydrogen-bond acceptors (Lipinski definition) is 8. The van der Waals surface area contributed by atoms with Crippen LogP contribution in [0.3, 0.4) is 0 Å². The highest BCUT2D eigenvalue weighted by atomic mass is 31.1. The van der Waals surface area contributed by atoms with Crippen molar-refractivity contribution in [3.63, 3.8) is 0 Å². The number of rotatable bonds is 10. The van der Waals surface area contributed by atoms with Crippen LogP contribution in [0.15, 0.2) is 12.5 Å². The maximum absolute atomic E-state index is 13.4. The van der Waals surface area contributed by atoms with Crippen LogP contribution < -0.4 is 10.8 Å². The number of nitrogens with one attached hydrogen (secondary N) is 1. The minimum atomic E-state index is -2.83. The van der Waals surface area contributed by atoms with Gasteiger partial charge in [-0.25, -0.2) is 18.7 Å². The number of aromatic nitrogens is 4. The first-order chi connectivity index (χ1) is 13.2. The minimum absolute atomic E-state index is 0.0697. The number of nitrogens with zero attached hydrogens (tertiary/aromatic N) is 4. The van der Waals surface area contributed by atoms with Crippen LogP contribution >= 0.6 is 7.95 Å². The molecule has 0 aliphatic carbocycles. The maximum Gasteiger partial charge on any atom is 0.461 e. The van der Waals surface area contributed by atoms with Crippen LogP contribution in [0.25, 0.3) is 5.65 Å². The number of carbonyl (C=O) groups is 1. The summed E-state index contributed by atoms with van der Waals surface area (Å²) >= 11 is 0. The van der Waals surface area contributed by atoms with Crippen LogP contribution in [0.4, 0.5) is 14.7 Å². The van der Waals surface area contributed by atoms with Gasteiger partial charge in [-0.05, 0) is 25.3 Å². The van der Waals surface area contributed by atoms with Crippen molar-refractivity contribution < 1.29 is 27.6 Å². The molecule has 0 amide bonds. The van der Waals surface area contributed by atoms with Gasteiger partial charge in [0.1, 0.15) is 18.5 Å². The molecule has 0 fully saturated rings. The molecule has 2 aromatic rings. The molecule has 154 valence electrons. The van der Waals surface area contributed by atoms with Gasteiger partial charge in [0, 0.05) is 12.0 Å². The Morgan fingerprint density at radius 3 is 2.71 bits per heavy atom. The van der Waals surface area contributed by atoms with Gasteiger partial charge in [-0.1, -0.05) is 5.09 Å². The lowest BCUT2D eigenvalue weighted by Gasteiger charge is -2.14. The Morgan fingerprint density at radius 1 is 1.36 bits per heavy atom. The fourth-order valence-corrected chi connectivity index (χ4v) is 3.20. The second kappa shape index (κ2) is 9.76. The molecule has 28 heavy (non-hydrogen) atoms. The zero-order valence-electron chi connectivity index (χ0n) is 15.6. The molecule has 0 saturated carbocycles. The van der Waals surface area contributed by atoms with Crippen LogP contribution in [-0.4, -0.2) is 56.6 Å². The quantitative estimate of drug-likeness (QED) is 0.434. The highest BCUT2D eigenvalue weighted by Crippen LogP contribution is 2.22. The van der Waals surface area contributed by atoms with E-state index in [0.29, 0.717) is 5.56 Å². The molecule has 0 saturated heterocycles. The summed E-state index contributed by atoms with van der Waals surface area (Å²) in [5, 5.41) is 6.44. The Balaban J connectivity index is 1.95. The first kappa shape index (κ1) is 22.0. The van der Waals surface area contributed by atoms with E-state index in [-0.39, 0.29) is 24.1 Å². The Kier molecular flexibility index (Phi) is 7.67. The van der Waals surface area contributed by atoms with Gasteiger partial charge in [-0.15, -0.1) is 0 Å². The zero-order valence-corrected chi connectivity index (χ0v) is 16.5. The summed E-state index contributed by atoms with van der Waals surface area (Å²) in [5.41, 5.74) is 6.32. The van der Waals surface area contributed by atoms with E-state index in [1.54, 1.807) is 13.8 Å². The van der Waals surface area contributed by atoms with Crippen LogP contribution in [0.1, 0.15) is 26.3 Å². The van der Waals surface area contributed by atoms with Gasteiger partial charge in [0.05, 0.1) is 12.3 Å². The monoisotopic (exact) mass is 419 g/mol. The standard InChI is InChI=1S/C15H22F2N6O4P/c1-8(2)27-14(24)9(3)22-28(25)7-26-11(12(16)17)4-10-5-21-23-13(10)19-6-20-15(23)18/h5-6,8-9,11-12H,4,7H2,1-3H3,(H,22,25)(H2,18,19,20)/q+1/t9-,11-/m0/s1. The lowest BCUT2D eigenvalue weighted by molar-refractivity contribution is -0.148. The second-order valence-corrected chi connectivity index (χ2v) is 7.50. The summed E-state index contributed by atoms with van der Waals surface area (Å²) in [7, 11) is -2.26. The van der Waals surface area contributed by atoms with E-state index < -0.39 is 38.8 Å². The summed E-state index contributed by atoms with van der Waals surface area (Å²) in [6.45, 7) is 4.82. The van der Waals surface area contributed by atoms with Crippen molar-refractivity contribution in [1.29, 1.82) is 0 Å². The van der Waals surface area contributed by atoms with Gasteiger partial charge in [0.2, 0.25) is 5.95 Å². The molecule has 3 atom stereocenters. The van der Waals surface area contributed by atoms with Crippen molar-refractivity contribution in [3.8, 4) is 0 Å². The number of fused-ring (bicyclic) bond motifs is 1. The topological polar surface area (TPSA) is 134 Å². The van der Waals surface area contributed by atoms with Crippen molar-refractivity contribution in [1.82, 2.24) is 24.7 Å². The molecule has 0 bridgehead atoms. The molecule has 1 unspecified atom stereocenters. The Labute approximate surface area is 160 Å². The molecule has 0 spiro atoms. The van der Waals surface area contributed by atoms with Gasteiger partial charge in [0.15, 0.2) is 5.65 Å². The maximum atomic E-state index is 13.4. The third-order valence-electron chi connectivity index (χ3n) is 3.55. The summed E-state index contributed by atoms with van der Waals surface area (Å²) in [6.07, 6.45) is -2.86. The summed E-state index contributed by atoms with van der Waals surface area (Å²) in [5.74, 6) is -0.521. The molecule has 0 aromatic carbocycles. The van der Waals surface area contributed by atoms with Gasteiger partial charge in [-0.2, -0.15) is 9.61 Å². The number of carbonyl (C=O) groups excluding carboxylic acids is 1. The fourth-order valence-electron chi connectivity index (χ4n) is 2.26. The zero-order chi connectivity index (χ0) is 20.8. The van der Waals surface area contributed by atoms with E-state index in [1.165, 1.54) is 24.0 Å². The largest absolute Gasteiger partial charge is 0.462 e. The van der Waals surface area contributed by atoms with Gasteiger partial charge >= 0.3 is 13.9 Å². The van der Waals surface area contributed by atoms with Gasteiger partial charge < -0.3 is 15.2 Å². The molecule has 2 aromatic heterocycles. The van der Waals surface area contributed by atoms with E-state index in [1.807, 2.05) is 0 Å². The Bertz CT molecular complexity index is 834. The Morgan fingerprint density at radius 2 is 2.07 bits per heavy atom. The second-order valence-electron chi connectivity index (χ2n) is 6.22. The Hall–Kier alpha value is -2.30. The highest BCUT2D eigenvalue weighted by Gasteiger charge is 2.30. The van der Waals surface area contributed by atoms with E-state index in [0.717, 1.165) is 0 Å². The lowest BCUT2D eigenvalue weighted by atomic mass is 10.1. The van der Waals surface area contributed by atoms with E-state index in [2.05, 4.69) is 20.2 Å². The van der Waals surface area contributed by atoms with Crippen molar-refractivity contribution in [3.05, 3.63) is 18.1 Å². The van der Waals surface area contributed by atoms with E-state index >= 15 is 0 Å². The molecule has 13 heteroatoms. The smallest absolute Gasteiger partial charge is 0.461 e. The minimum Gasteiger partial charge on any atom is -0.462 e.